The van der Waals surface area contributed by atoms with Crippen molar-refractivity contribution in [2.45, 2.75) is 49.9 Å². The number of phenols is 1. The van der Waals surface area contributed by atoms with Crippen LogP contribution in [0.1, 0.15) is 55.6 Å². The van der Waals surface area contributed by atoms with Gasteiger partial charge in [0.1, 0.15) is 0 Å². The van der Waals surface area contributed by atoms with Crippen molar-refractivity contribution in [2.24, 2.45) is 23.7 Å². The van der Waals surface area contributed by atoms with E-state index in [0.717, 1.165) is 5.57 Å². The summed E-state index contributed by atoms with van der Waals surface area (Å²) in [5.41, 5.74) is 0.678. The second-order valence-corrected chi connectivity index (χ2v) is 14.5. The van der Waals surface area contributed by atoms with Gasteiger partial charge in [0.2, 0.25) is 23.6 Å². The Morgan fingerprint density at radius 1 is 0.922 bits per heavy atom. The summed E-state index contributed by atoms with van der Waals surface area (Å²) in [6.45, 7) is 0.178. The van der Waals surface area contributed by atoms with Gasteiger partial charge < -0.3 is 14.9 Å². The average Bonchev–Trinajstić information content (AvgIpc) is 3.49. The first-order valence-electron chi connectivity index (χ1n) is 17.0. The molecule has 2 aliphatic heterocycles. The van der Waals surface area contributed by atoms with Gasteiger partial charge in [0.05, 0.1) is 41.0 Å². The lowest BCUT2D eigenvalue weighted by atomic mass is 9.49. The van der Waals surface area contributed by atoms with Crippen LogP contribution in [0.15, 0.2) is 78.4 Å². The highest BCUT2D eigenvalue weighted by atomic mass is 35.5. The van der Waals surface area contributed by atoms with Crippen LogP contribution >= 0.6 is 23.2 Å². The maximum absolute atomic E-state index is 15.3. The summed E-state index contributed by atoms with van der Waals surface area (Å²) in [5.74, 6) is -6.36. The summed E-state index contributed by atoms with van der Waals surface area (Å²) in [7, 11) is 1.39. The summed E-state index contributed by atoms with van der Waals surface area (Å²) in [6, 6.07) is 18.9. The van der Waals surface area contributed by atoms with Crippen molar-refractivity contribution in [1.82, 2.24) is 4.90 Å². The fourth-order valence-electron chi connectivity index (χ4n) is 9.04. The van der Waals surface area contributed by atoms with Crippen molar-refractivity contribution < 1.29 is 38.9 Å². The third-order valence-corrected chi connectivity index (χ3v) is 11.7. The number of fused-ring (bicyclic) bond motifs is 4. The van der Waals surface area contributed by atoms with Gasteiger partial charge in [-0.15, -0.1) is 0 Å². The first-order valence-corrected chi connectivity index (χ1v) is 17.8. The van der Waals surface area contributed by atoms with Gasteiger partial charge in [-0.25, -0.2) is 4.90 Å². The predicted octanol–water partition coefficient (Wildman–Crippen LogP) is 6.52. The van der Waals surface area contributed by atoms with E-state index < -0.39 is 52.8 Å². The number of phenolic OH excluding ortho intramolecular Hbond substituents is 1. The zero-order chi connectivity index (χ0) is 36.2. The van der Waals surface area contributed by atoms with E-state index in [-0.39, 0.29) is 54.1 Å². The molecule has 12 heteroatoms. The molecule has 1 saturated carbocycles. The van der Waals surface area contributed by atoms with E-state index in [1.54, 1.807) is 36.4 Å². The van der Waals surface area contributed by atoms with E-state index in [9.17, 15) is 24.3 Å². The number of amides is 4. The average molecular weight is 732 g/mol. The lowest BCUT2D eigenvalue weighted by molar-refractivity contribution is -0.141. The Hall–Kier alpha value is -4.67. The number of carbonyl (C=O) groups is 5. The van der Waals surface area contributed by atoms with Crippen molar-refractivity contribution in [1.29, 1.82) is 0 Å². The van der Waals surface area contributed by atoms with Gasteiger partial charge in [-0.05, 0) is 73.1 Å². The van der Waals surface area contributed by atoms with Crippen molar-refractivity contribution >= 4 is 58.5 Å². The number of allylic oxidation sites excluding steroid dienone is 2. The third kappa shape index (κ3) is 5.51. The quantitative estimate of drug-likeness (QED) is 0.137. The second kappa shape index (κ2) is 13.5. The van der Waals surface area contributed by atoms with Crippen LogP contribution in [0.4, 0.5) is 5.69 Å². The molecule has 6 unspecified atom stereocenters. The molecule has 0 spiro atoms. The van der Waals surface area contributed by atoms with Gasteiger partial charge in [0.25, 0.3) is 0 Å². The predicted molar refractivity (Wildman–Crippen MR) is 189 cm³/mol. The van der Waals surface area contributed by atoms with Crippen LogP contribution in [0.5, 0.6) is 11.5 Å². The normalized spacial score (nSPS) is 26.9. The molecule has 3 fully saturated rings. The van der Waals surface area contributed by atoms with E-state index in [1.807, 2.05) is 36.4 Å². The Balaban J connectivity index is 1.39. The fraction of sp³-hybridized carbons (Fsp3) is 0.359. The topological polar surface area (TPSA) is 142 Å². The first-order chi connectivity index (χ1) is 24.5. The standard InChI is InChI=1S/C39H36Cl2N2O8/c1-51-30-18-21(17-29(41)34(30)46)33-25-14-15-26-32(37(49)42(35(26)47)16-7-3-6-13-31(44)45)27(25)20-28-36(48)43(24-12-8-11-23(40)19-24)38(50)39(28,33)22-9-4-2-5-10-22/h2,4-5,8-12,14,17-19,26-28,32-33,46H,3,6-7,13,15-16,20H2,1H3,(H,44,45). The molecule has 3 aromatic rings. The number of ether oxygens (including phenoxy) is 1. The Labute approximate surface area is 304 Å². The highest BCUT2D eigenvalue weighted by Gasteiger charge is 2.70. The fourth-order valence-corrected chi connectivity index (χ4v) is 9.45. The molecule has 10 nitrogen and oxygen atoms in total. The summed E-state index contributed by atoms with van der Waals surface area (Å²) in [5, 5.41) is 20.1. The minimum Gasteiger partial charge on any atom is -0.503 e. The number of imide groups is 2. The van der Waals surface area contributed by atoms with Crippen LogP contribution in [-0.2, 0) is 29.4 Å². The number of methoxy groups -OCH3 is 1. The summed E-state index contributed by atoms with van der Waals surface area (Å²) in [4.78, 5) is 71.7. The van der Waals surface area contributed by atoms with Crippen molar-refractivity contribution in [2.75, 3.05) is 18.6 Å². The van der Waals surface area contributed by atoms with E-state index >= 15 is 4.79 Å². The molecule has 2 saturated heterocycles. The molecule has 4 aliphatic rings. The molecule has 4 amide bonds. The largest absolute Gasteiger partial charge is 0.503 e. The number of unbranched alkanes of at least 4 members (excludes halogenated alkanes) is 2. The molecule has 0 bridgehead atoms. The molecular weight excluding hydrogens is 695 g/mol. The zero-order valence-electron chi connectivity index (χ0n) is 27.8. The van der Waals surface area contributed by atoms with Crippen LogP contribution in [0, 0.1) is 23.7 Å². The number of aromatic hydroxyl groups is 1. The number of rotatable bonds is 10. The lowest BCUT2D eigenvalue weighted by Gasteiger charge is -2.50. The van der Waals surface area contributed by atoms with E-state index in [0.29, 0.717) is 41.1 Å². The van der Waals surface area contributed by atoms with Crippen molar-refractivity contribution in [3.63, 3.8) is 0 Å². The SMILES string of the molecule is COc1cc(C2C3=CCC4C(=O)N(CCCCCC(=O)O)C(=O)C4C3CC3C(=O)N(c4cccc(Cl)c4)C(=O)C32c2ccccc2)cc(Cl)c1O. The van der Waals surface area contributed by atoms with Gasteiger partial charge >= 0.3 is 5.97 Å². The van der Waals surface area contributed by atoms with Crippen LogP contribution < -0.4 is 9.64 Å². The van der Waals surface area contributed by atoms with Crippen molar-refractivity contribution in [3.05, 3.63) is 99.6 Å². The molecule has 51 heavy (non-hydrogen) atoms. The smallest absolute Gasteiger partial charge is 0.303 e. The number of hydrogen-bond donors (Lipinski definition) is 2. The van der Waals surface area contributed by atoms with Crippen LogP contribution in [0.25, 0.3) is 0 Å². The van der Waals surface area contributed by atoms with Crippen molar-refractivity contribution in [3.8, 4) is 11.5 Å². The van der Waals surface area contributed by atoms with Crippen LogP contribution in [-0.4, -0.2) is 58.4 Å². The second-order valence-electron chi connectivity index (χ2n) is 13.7. The maximum Gasteiger partial charge on any atom is 0.303 e. The summed E-state index contributed by atoms with van der Waals surface area (Å²) >= 11 is 13.0. The number of anilines is 1. The Bertz CT molecular complexity index is 1980. The minimum atomic E-state index is -1.50. The number of carboxylic acids is 1. The minimum absolute atomic E-state index is 0.00909. The van der Waals surface area contributed by atoms with E-state index in [4.69, 9.17) is 33.0 Å². The number of likely N-dealkylation sites (tertiary alicyclic amines) is 1. The number of benzene rings is 3. The molecule has 0 aromatic heterocycles. The summed E-state index contributed by atoms with van der Waals surface area (Å²) in [6.07, 6.45) is 3.82. The van der Waals surface area contributed by atoms with E-state index in [2.05, 4.69) is 0 Å². The molecule has 6 atom stereocenters. The molecule has 2 aliphatic carbocycles. The highest BCUT2D eigenvalue weighted by molar-refractivity contribution is 6.33. The van der Waals surface area contributed by atoms with Gasteiger partial charge in [0, 0.05) is 23.9 Å². The van der Waals surface area contributed by atoms with Gasteiger partial charge in [-0.2, -0.15) is 0 Å². The molecule has 7 rings (SSSR count). The zero-order valence-corrected chi connectivity index (χ0v) is 29.3. The lowest BCUT2D eigenvalue weighted by Crippen LogP contribution is -2.53. The number of hydrogen-bond acceptors (Lipinski definition) is 7. The number of aliphatic carboxylic acids is 1. The maximum atomic E-state index is 15.3. The molecule has 0 radical (unpaired) electrons. The van der Waals surface area contributed by atoms with Crippen LogP contribution in [0.3, 0.4) is 0 Å². The van der Waals surface area contributed by atoms with Gasteiger partial charge in [0.15, 0.2) is 11.5 Å². The Morgan fingerprint density at radius 2 is 1.69 bits per heavy atom. The number of halogens is 2. The highest BCUT2D eigenvalue weighted by Crippen LogP contribution is 2.65. The third-order valence-electron chi connectivity index (χ3n) is 11.1. The summed E-state index contributed by atoms with van der Waals surface area (Å²) < 4.78 is 5.51. The number of carbonyl (C=O) groups excluding carboxylic acids is 4. The molecule has 3 aromatic carbocycles. The van der Waals surface area contributed by atoms with Crippen LogP contribution in [0.2, 0.25) is 10.0 Å². The Morgan fingerprint density at radius 3 is 2.39 bits per heavy atom. The van der Waals surface area contributed by atoms with Gasteiger partial charge in [-0.3, -0.25) is 28.9 Å². The molecular formula is C39H36Cl2N2O8. The molecule has 2 heterocycles. The molecule has 264 valence electrons. The molecule has 2 N–H and O–H groups in total. The first kappa shape index (κ1) is 34.8. The Kier molecular flexibility index (Phi) is 9.18. The monoisotopic (exact) mass is 730 g/mol. The van der Waals surface area contributed by atoms with E-state index in [1.165, 1.54) is 16.9 Å². The number of carboxylic acid groups (broad SMARTS) is 1. The number of nitrogens with zero attached hydrogens (tertiary/aromatic N) is 2. The van der Waals surface area contributed by atoms with Gasteiger partial charge in [-0.1, -0.05) is 77.7 Å².